The lowest BCUT2D eigenvalue weighted by Gasteiger charge is -2.11. The number of sulfone groups is 1. The van der Waals surface area contributed by atoms with Gasteiger partial charge in [-0.25, -0.2) is 17.8 Å². The van der Waals surface area contributed by atoms with Gasteiger partial charge in [-0.15, -0.1) is 5.10 Å². The van der Waals surface area contributed by atoms with Gasteiger partial charge in [0, 0.05) is 11.9 Å². The molecule has 0 saturated carbocycles. The average Bonchev–Trinajstić information content (AvgIpc) is 3.24. The first kappa shape index (κ1) is 20.1. The Bertz CT molecular complexity index is 1550. The minimum Gasteiger partial charge on any atom is -0.365 e. The van der Waals surface area contributed by atoms with Gasteiger partial charge in [-0.05, 0) is 48.9 Å². The van der Waals surface area contributed by atoms with E-state index in [-0.39, 0.29) is 21.4 Å². The Kier molecular flexibility index (Phi) is 4.82. The average molecular weight is 447 g/mol. The highest BCUT2D eigenvalue weighted by Crippen LogP contribution is 2.28. The van der Waals surface area contributed by atoms with Crippen LogP contribution in [0.25, 0.3) is 16.6 Å². The summed E-state index contributed by atoms with van der Waals surface area (Å²) in [6.45, 7) is 2.27. The largest absolute Gasteiger partial charge is 0.365 e. The second-order valence-electron chi connectivity index (χ2n) is 7.40. The number of rotatable bonds is 5. The van der Waals surface area contributed by atoms with Gasteiger partial charge in [0.25, 0.3) is 0 Å². The number of nitrogens with zero attached hydrogens (tertiary/aromatic N) is 4. The van der Waals surface area contributed by atoms with Gasteiger partial charge in [0.15, 0.2) is 5.65 Å². The van der Waals surface area contributed by atoms with Crippen LogP contribution in [0.2, 0.25) is 0 Å². The van der Waals surface area contributed by atoms with Gasteiger partial charge in [0.2, 0.25) is 14.9 Å². The van der Waals surface area contributed by atoms with Crippen LogP contribution in [0.3, 0.4) is 0 Å². The van der Waals surface area contributed by atoms with E-state index in [0.717, 1.165) is 16.5 Å². The Hall–Kier alpha value is -3.85. The molecule has 0 bridgehead atoms. The predicted octanol–water partition coefficient (Wildman–Crippen LogP) is 4.17. The summed E-state index contributed by atoms with van der Waals surface area (Å²) in [5.74, 6) is 0.176. The number of hydrogen-bond acceptors (Lipinski definition) is 6. The van der Waals surface area contributed by atoms with Crippen molar-refractivity contribution in [1.29, 1.82) is 0 Å². The van der Waals surface area contributed by atoms with Crippen molar-refractivity contribution in [1.82, 2.24) is 19.8 Å². The molecule has 0 unspecified atom stereocenters. The second-order valence-corrected chi connectivity index (χ2v) is 9.27. The van der Waals surface area contributed by atoms with E-state index in [2.05, 4.69) is 20.6 Å². The van der Waals surface area contributed by atoms with E-state index in [1.54, 1.807) is 36.4 Å². The second kappa shape index (κ2) is 7.69. The maximum atomic E-state index is 13.3. The summed E-state index contributed by atoms with van der Waals surface area (Å²) in [7, 11) is -3.92. The van der Waals surface area contributed by atoms with Crippen molar-refractivity contribution in [3.63, 3.8) is 0 Å². The zero-order valence-corrected chi connectivity index (χ0v) is 17.8. The number of aryl methyl sites for hydroxylation is 1. The number of aromatic nitrogens is 4. The molecule has 0 atom stereocenters. The Labute approximate surface area is 183 Å². The fourth-order valence-corrected chi connectivity index (χ4v) is 4.71. The lowest BCUT2D eigenvalue weighted by molar-refractivity contribution is 0.592. The summed E-state index contributed by atoms with van der Waals surface area (Å²) in [5, 5.41) is 11.8. The summed E-state index contributed by atoms with van der Waals surface area (Å²) >= 11 is 0. The van der Waals surface area contributed by atoms with Gasteiger partial charge in [-0.1, -0.05) is 47.2 Å². The Morgan fingerprint density at radius 1 is 0.969 bits per heavy atom. The quantitative estimate of drug-likeness (QED) is 0.435. The van der Waals surface area contributed by atoms with Crippen LogP contribution < -0.4 is 5.32 Å². The molecular weight excluding hydrogens is 429 g/mol. The molecule has 0 aliphatic carbocycles. The van der Waals surface area contributed by atoms with Gasteiger partial charge in [-0.2, -0.15) is 4.52 Å². The van der Waals surface area contributed by atoms with E-state index < -0.39 is 9.84 Å². The lowest BCUT2D eigenvalue weighted by atomic mass is 10.2. The zero-order chi connectivity index (χ0) is 22.3. The standard InChI is InChI=1S/C23H18FN5O2S/c1-15-6-12-18(13-7-15)32(30,31)23-22-26-21(25-14-16-8-10-17(24)11-9-16)19-4-2-3-5-20(19)29(22)28-27-23/h2-13H,14H2,1H3,(H,25,26). The molecule has 0 amide bonds. The molecule has 0 spiro atoms. The van der Waals surface area contributed by atoms with E-state index in [1.165, 1.54) is 16.6 Å². The monoisotopic (exact) mass is 447 g/mol. The van der Waals surface area contributed by atoms with Crippen LogP contribution in [0.1, 0.15) is 11.1 Å². The third-order valence-electron chi connectivity index (χ3n) is 5.18. The van der Waals surface area contributed by atoms with Gasteiger partial charge in [-0.3, -0.25) is 0 Å². The summed E-state index contributed by atoms with van der Waals surface area (Å²) in [4.78, 5) is 4.71. The van der Waals surface area contributed by atoms with E-state index in [4.69, 9.17) is 0 Å². The number of halogens is 1. The third-order valence-corrected chi connectivity index (χ3v) is 6.85. The molecule has 7 nitrogen and oxygen atoms in total. The first-order valence-electron chi connectivity index (χ1n) is 9.88. The minimum atomic E-state index is -3.92. The zero-order valence-electron chi connectivity index (χ0n) is 17.0. The van der Waals surface area contributed by atoms with Crippen molar-refractivity contribution in [3.05, 3.63) is 89.7 Å². The van der Waals surface area contributed by atoms with Crippen LogP contribution in [-0.4, -0.2) is 28.2 Å². The molecule has 2 heterocycles. The molecule has 1 N–H and O–H groups in total. The van der Waals surface area contributed by atoms with Crippen LogP contribution in [0.5, 0.6) is 0 Å². The highest BCUT2D eigenvalue weighted by molar-refractivity contribution is 7.91. The molecule has 9 heteroatoms. The smallest absolute Gasteiger partial charge is 0.229 e. The first-order chi connectivity index (χ1) is 15.4. The summed E-state index contributed by atoms with van der Waals surface area (Å²) < 4.78 is 41.2. The Morgan fingerprint density at radius 2 is 1.69 bits per heavy atom. The maximum Gasteiger partial charge on any atom is 0.229 e. The molecule has 0 saturated heterocycles. The molecule has 0 aliphatic rings. The van der Waals surface area contributed by atoms with Crippen molar-refractivity contribution in [2.24, 2.45) is 0 Å². The number of fused-ring (bicyclic) bond motifs is 3. The molecule has 0 fully saturated rings. The molecular formula is C23H18FN5O2S. The van der Waals surface area contributed by atoms with Gasteiger partial charge in [0.05, 0.1) is 10.4 Å². The number of benzene rings is 3. The highest BCUT2D eigenvalue weighted by Gasteiger charge is 2.27. The predicted molar refractivity (Wildman–Crippen MR) is 119 cm³/mol. The maximum absolute atomic E-state index is 13.3. The Balaban J connectivity index is 1.64. The molecule has 5 aromatic rings. The van der Waals surface area contributed by atoms with E-state index in [9.17, 15) is 12.8 Å². The molecule has 0 radical (unpaired) electrons. The van der Waals surface area contributed by atoms with Crippen molar-refractivity contribution in [2.75, 3.05) is 5.32 Å². The number of anilines is 1. The lowest BCUT2D eigenvalue weighted by Crippen LogP contribution is -2.07. The molecule has 2 aromatic heterocycles. The van der Waals surface area contributed by atoms with Crippen LogP contribution in [0.15, 0.2) is 82.7 Å². The first-order valence-corrected chi connectivity index (χ1v) is 11.4. The van der Waals surface area contributed by atoms with Crippen molar-refractivity contribution in [2.45, 2.75) is 23.4 Å². The topological polar surface area (TPSA) is 89.2 Å². The summed E-state index contributed by atoms with van der Waals surface area (Å²) in [5.41, 5.74) is 2.60. The molecule has 160 valence electrons. The SMILES string of the molecule is Cc1ccc(S(=O)(=O)c2nnn3c2nc(NCc2ccc(F)cc2)c2ccccc23)cc1. The number of hydrogen-bond donors (Lipinski definition) is 1. The van der Waals surface area contributed by atoms with E-state index >= 15 is 0 Å². The summed E-state index contributed by atoms with van der Waals surface area (Å²) in [6.07, 6.45) is 0. The minimum absolute atomic E-state index is 0.126. The van der Waals surface area contributed by atoms with Gasteiger partial charge >= 0.3 is 0 Å². The van der Waals surface area contributed by atoms with Crippen LogP contribution >= 0.6 is 0 Å². The van der Waals surface area contributed by atoms with E-state index in [0.29, 0.717) is 17.9 Å². The number of para-hydroxylation sites is 1. The molecule has 5 rings (SSSR count). The highest BCUT2D eigenvalue weighted by atomic mass is 32.2. The van der Waals surface area contributed by atoms with Gasteiger partial charge < -0.3 is 5.32 Å². The van der Waals surface area contributed by atoms with Gasteiger partial charge in [0.1, 0.15) is 11.6 Å². The van der Waals surface area contributed by atoms with Crippen molar-refractivity contribution in [3.8, 4) is 0 Å². The molecule has 0 aliphatic heterocycles. The summed E-state index contributed by atoms with van der Waals surface area (Å²) in [6, 6.07) is 20.1. The Morgan fingerprint density at radius 3 is 2.44 bits per heavy atom. The van der Waals surface area contributed by atoms with Crippen LogP contribution in [-0.2, 0) is 16.4 Å². The normalized spacial score (nSPS) is 11.8. The number of nitrogens with one attached hydrogen (secondary N) is 1. The molecule has 32 heavy (non-hydrogen) atoms. The van der Waals surface area contributed by atoms with Crippen molar-refractivity contribution < 1.29 is 12.8 Å². The fraction of sp³-hybridized carbons (Fsp3) is 0.0870. The fourth-order valence-electron chi connectivity index (χ4n) is 3.47. The van der Waals surface area contributed by atoms with Crippen LogP contribution in [0.4, 0.5) is 10.2 Å². The van der Waals surface area contributed by atoms with Crippen molar-refractivity contribution >= 4 is 32.2 Å². The van der Waals surface area contributed by atoms with Crippen LogP contribution in [0, 0.1) is 12.7 Å². The molecule has 3 aromatic carbocycles. The third kappa shape index (κ3) is 3.46. The van der Waals surface area contributed by atoms with E-state index in [1.807, 2.05) is 31.2 Å².